The first-order valence-electron chi connectivity index (χ1n) is 7.41. The van der Waals surface area contributed by atoms with Gasteiger partial charge in [0.25, 0.3) is 0 Å². The van der Waals surface area contributed by atoms with Crippen LogP contribution < -0.4 is 4.74 Å². The van der Waals surface area contributed by atoms with Gasteiger partial charge >= 0.3 is 5.97 Å². The van der Waals surface area contributed by atoms with Crippen LogP contribution in [0.2, 0.25) is 0 Å². The number of esters is 1. The Hall–Kier alpha value is -2.82. The molecule has 3 rings (SSSR count). The molecule has 5 nitrogen and oxygen atoms in total. The van der Waals surface area contributed by atoms with Gasteiger partial charge in [-0.2, -0.15) is 0 Å². The highest BCUT2D eigenvalue weighted by Crippen LogP contribution is 2.27. The molecule has 0 spiro atoms. The maximum Gasteiger partial charge on any atom is 0.347 e. The Morgan fingerprint density at radius 3 is 2.65 bits per heavy atom. The Morgan fingerprint density at radius 2 is 1.96 bits per heavy atom. The molecule has 1 unspecified atom stereocenters. The molecule has 1 aliphatic heterocycles. The maximum atomic E-state index is 12.3. The fourth-order valence-corrected chi connectivity index (χ4v) is 2.45. The van der Waals surface area contributed by atoms with Crippen molar-refractivity contribution in [1.29, 1.82) is 0 Å². The van der Waals surface area contributed by atoms with Crippen LogP contribution in [-0.2, 0) is 9.53 Å². The minimum absolute atomic E-state index is 0.180. The molecule has 0 amide bonds. The van der Waals surface area contributed by atoms with E-state index in [1.165, 1.54) is 12.1 Å². The molecule has 1 aliphatic rings. The van der Waals surface area contributed by atoms with Gasteiger partial charge < -0.3 is 14.6 Å². The number of rotatable bonds is 4. The molecule has 0 saturated carbocycles. The summed E-state index contributed by atoms with van der Waals surface area (Å²) in [5.74, 6) is -0.525. The van der Waals surface area contributed by atoms with Gasteiger partial charge in [0.05, 0.1) is 12.2 Å². The lowest BCUT2D eigenvalue weighted by molar-refractivity contribution is -0.156. The fraction of sp³-hybridized carbons (Fsp3) is 0.222. The van der Waals surface area contributed by atoms with Gasteiger partial charge in [-0.15, -0.1) is 0 Å². The van der Waals surface area contributed by atoms with Gasteiger partial charge in [-0.05, 0) is 25.0 Å². The van der Waals surface area contributed by atoms with Crippen molar-refractivity contribution < 1.29 is 24.2 Å². The highest BCUT2D eigenvalue weighted by Gasteiger charge is 2.26. The predicted octanol–water partition coefficient (Wildman–Crippen LogP) is 2.71. The molecule has 0 bridgehead atoms. The zero-order chi connectivity index (χ0) is 16.2. The molecule has 0 radical (unpaired) electrons. The number of carbonyl (C=O) groups excluding carboxylic acids is 2. The van der Waals surface area contributed by atoms with Gasteiger partial charge in [-0.25, -0.2) is 4.79 Å². The van der Waals surface area contributed by atoms with E-state index >= 15 is 0 Å². The van der Waals surface area contributed by atoms with Crippen LogP contribution in [0.25, 0.3) is 0 Å². The molecule has 1 heterocycles. The van der Waals surface area contributed by atoms with Crippen molar-refractivity contribution in [3.05, 3.63) is 59.7 Å². The van der Waals surface area contributed by atoms with E-state index in [9.17, 15) is 14.7 Å². The van der Waals surface area contributed by atoms with E-state index in [4.69, 9.17) is 9.47 Å². The van der Waals surface area contributed by atoms with Crippen LogP contribution in [-0.4, -0.2) is 29.6 Å². The molecule has 1 fully saturated rings. The molecule has 23 heavy (non-hydrogen) atoms. The van der Waals surface area contributed by atoms with Crippen LogP contribution in [0.4, 0.5) is 0 Å². The van der Waals surface area contributed by atoms with Crippen molar-refractivity contribution in [1.82, 2.24) is 0 Å². The minimum atomic E-state index is -0.668. The number of benzene rings is 2. The third-order valence-corrected chi connectivity index (χ3v) is 3.65. The van der Waals surface area contributed by atoms with Crippen molar-refractivity contribution in [3.63, 3.8) is 0 Å². The Labute approximate surface area is 133 Å². The van der Waals surface area contributed by atoms with E-state index in [0.717, 1.165) is 6.42 Å². The van der Waals surface area contributed by atoms with Gasteiger partial charge in [-0.3, -0.25) is 4.79 Å². The number of phenols is 1. The zero-order valence-electron chi connectivity index (χ0n) is 12.4. The van der Waals surface area contributed by atoms with Gasteiger partial charge in [0.2, 0.25) is 0 Å². The number of hydrogen-bond donors (Lipinski definition) is 1. The van der Waals surface area contributed by atoms with E-state index in [1.807, 2.05) is 6.07 Å². The van der Waals surface area contributed by atoms with Gasteiger partial charge in [0.15, 0.2) is 11.9 Å². The highest BCUT2D eigenvalue weighted by molar-refractivity contribution is 6.10. The minimum Gasteiger partial charge on any atom is -0.507 e. The summed E-state index contributed by atoms with van der Waals surface area (Å²) >= 11 is 0. The molecule has 118 valence electrons. The van der Waals surface area contributed by atoms with Crippen LogP contribution in [0.5, 0.6) is 11.5 Å². The molecule has 5 heteroatoms. The van der Waals surface area contributed by atoms with E-state index < -0.39 is 12.1 Å². The molecule has 2 aromatic carbocycles. The summed E-state index contributed by atoms with van der Waals surface area (Å²) in [6, 6.07) is 13.1. The Bertz CT molecular complexity index is 723. The summed E-state index contributed by atoms with van der Waals surface area (Å²) in [5, 5.41) is 10.1. The predicted molar refractivity (Wildman–Crippen MR) is 82.6 cm³/mol. The fourth-order valence-electron chi connectivity index (χ4n) is 2.45. The Morgan fingerprint density at radius 1 is 1.17 bits per heavy atom. The number of hydrogen-bond acceptors (Lipinski definition) is 5. The number of aromatic hydroxyl groups is 1. The number of cyclic esters (lactones) is 1. The first-order valence-corrected chi connectivity index (χ1v) is 7.41. The second-order valence-corrected chi connectivity index (χ2v) is 5.29. The topological polar surface area (TPSA) is 72.8 Å². The average molecular weight is 312 g/mol. The van der Waals surface area contributed by atoms with Crippen molar-refractivity contribution in [2.75, 3.05) is 6.61 Å². The molecule has 0 aromatic heterocycles. The number of carbonyl (C=O) groups is 2. The molecule has 1 N–H and O–H groups in total. The average Bonchev–Trinajstić information content (AvgIpc) is 2.57. The first kappa shape index (κ1) is 15.1. The molecular formula is C18H16O5. The maximum absolute atomic E-state index is 12.3. The second kappa shape index (κ2) is 6.52. The summed E-state index contributed by atoms with van der Waals surface area (Å²) in [6.07, 6.45) is 0.649. The molecule has 1 saturated heterocycles. The first-order chi connectivity index (χ1) is 11.1. The molecule has 1 atom stereocenters. The van der Waals surface area contributed by atoms with Crippen LogP contribution in [0.3, 0.4) is 0 Å². The summed E-state index contributed by atoms with van der Waals surface area (Å²) in [6.45, 7) is 0.411. The summed E-state index contributed by atoms with van der Waals surface area (Å²) in [7, 11) is 0. The second-order valence-electron chi connectivity index (χ2n) is 5.29. The lowest BCUT2D eigenvalue weighted by Gasteiger charge is -2.22. The van der Waals surface area contributed by atoms with E-state index in [0.29, 0.717) is 24.3 Å². The van der Waals surface area contributed by atoms with E-state index in [2.05, 4.69) is 0 Å². The van der Waals surface area contributed by atoms with Crippen LogP contribution in [0.1, 0.15) is 28.8 Å². The molecule has 2 aromatic rings. The highest BCUT2D eigenvalue weighted by atomic mass is 16.6. The number of phenolic OH excluding ortho intramolecular Hbond substituents is 1. The van der Waals surface area contributed by atoms with Gasteiger partial charge in [0, 0.05) is 11.6 Å². The molecule has 0 aliphatic carbocycles. The summed E-state index contributed by atoms with van der Waals surface area (Å²) < 4.78 is 10.5. The zero-order valence-corrected chi connectivity index (χ0v) is 12.4. The van der Waals surface area contributed by atoms with Crippen LogP contribution in [0.15, 0.2) is 48.5 Å². The summed E-state index contributed by atoms with van der Waals surface area (Å²) in [5.41, 5.74) is 0.682. The van der Waals surface area contributed by atoms with Crippen LogP contribution in [0, 0.1) is 0 Å². The van der Waals surface area contributed by atoms with Gasteiger partial charge in [-0.1, -0.05) is 30.3 Å². The summed E-state index contributed by atoms with van der Waals surface area (Å²) in [4.78, 5) is 23.9. The Balaban J connectivity index is 1.78. The largest absolute Gasteiger partial charge is 0.507 e. The van der Waals surface area contributed by atoms with Crippen molar-refractivity contribution in [3.8, 4) is 11.5 Å². The quantitative estimate of drug-likeness (QED) is 0.694. The van der Waals surface area contributed by atoms with E-state index in [1.54, 1.807) is 30.3 Å². The smallest absolute Gasteiger partial charge is 0.347 e. The van der Waals surface area contributed by atoms with Crippen molar-refractivity contribution in [2.24, 2.45) is 0 Å². The monoisotopic (exact) mass is 312 g/mol. The van der Waals surface area contributed by atoms with Crippen molar-refractivity contribution >= 4 is 11.8 Å². The SMILES string of the molecule is O=C(c1ccccc1)c1ccc(OC2CCCOC2=O)cc1O. The molecular weight excluding hydrogens is 296 g/mol. The standard InChI is InChI=1S/C18H16O5/c19-15-11-13(23-16-7-4-10-22-18(16)21)8-9-14(15)17(20)12-5-2-1-3-6-12/h1-3,5-6,8-9,11,16,19H,4,7,10H2. The Kier molecular flexibility index (Phi) is 4.28. The lowest BCUT2D eigenvalue weighted by Crippen LogP contribution is -2.33. The normalized spacial score (nSPS) is 17.4. The van der Waals surface area contributed by atoms with Gasteiger partial charge in [0.1, 0.15) is 11.5 Å². The van der Waals surface area contributed by atoms with Crippen LogP contribution >= 0.6 is 0 Å². The lowest BCUT2D eigenvalue weighted by atomic mass is 10.0. The number of ether oxygens (including phenoxy) is 2. The van der Waals surface area contributed by atoms with Crippen molar-refractivity contribution in [2.45, 2.75) is 18.9 Å². The van der Waals surface area contributed by atoms with E-state index in [-0.39, 0.29) is 17.1 Å². The third kappa shape index (κ3) is 3.34. The third-order valence-electron chi connectivity index (χ3n) is 3.65. The number of ketones is 1.